The van der Waals surface area contributed by atoms with Gasteiger partial charge in [0.05, 0.1) is 5.70 Å². The molecule has 0 aromatic heterocycles. The molecule has 1 aliphatic heterocycles. The van der Waals surface area contributed by atoms with E-state index in [2.05, 4.69) is 28.2 Å². The molecule has 3 aromatic rings. The highest BCUT2D eigenvalue weighted by Gasteiger charge is 2.28. The van der Waals surface area contributed by atoms with Crippen LogP contribution in [0.2, 0.25) is 0 Å². The predicted octanol–water partition coefficient (Wildman–Crippen LogP) is 5.33. The highest BCUT2D eigenvalue weighted by atomic mass is 16.3. The van der Waals surface area contributed by atoms with Crippen LogP contribution >= 0.6 is 0 Å². The third-order valence-electron chi connectivity index (χ3n) is 5.34. The molecule has 0 radical (unpaired) electrons. The predicted molar refractivity (Wildman–Crippen MR) is 131 cm³/mol. The van der Waals surface area contributed by atoms with Crippen molar-refractivity contribution < 1.29 is 9.90 Å². The van der Waals surface area contributed by atoms with Crippen LogP contribution < -0.4 is 21.3 Å². The fourth-order valence-corrected chi connectivity index (χ4v) is 3.72. The van der Waals surface area contributed by atoms with Crippen molar-refractivity contribution in [1.82, 2.24) is 5.32 Å². The van der Waals surface area contributed by atoms with Gasteiger partial charge in [0.25, 0.3) is 0 Å². The number of aliphatic hydroxyl groups excluding tert-OH is 1. The van der Waals surface area contributed by atoms with Gasteiger partial charge < -0.3 is 26.4 Å². The quantitative estimate of drug-likeness (QED) is 0.329. The standard InChI is InChI=1S/C26H28N4O2/c1-2-3-17-27-26(32)29-20-15-13-19(14-16-20)28-24(18-9-5-4-6-10-18)23-21-11-7-8-12-22(21)30-25(23)31/h4-16,25,28,30-31H,2-3,17H2,1H3,(H2,27,29,32)/b24-23-. The van der Waals surface area contributed by atoms with E-state index in [0.29, 0.717) is 12.2 Å². The van der Waals surface area contributed by atoms with Gasteiger partial charge in [-0.15, -0.1) is 0 Å². The normalized spacial score (nSPS) is 16.0. The van der Waals surface area contributed by atoms with Crippen molar-refractivity contribution in [2.45, 2.75) is 26.0 Å². The summed E-state index contributed by atoms with van der Waals surface area (Å²) >= 11 is 0. The molecule has 1 unspecified atom stereocenters. The zero-order valence-electron chi connectivity index (χ0n) is 18.1. The first-order chi connectivity index (χ1) is 15.7. The minimum absolute atomic E-state index is 0.206. The van der Waals surface area contributed by atoms with Crippen LogP contribution in [0.3, 0.4) is 0 Å². The first-order valence-electron chi connectivity index (χ1n) is 10.9. The van der Waals surface area contributed by atoms with Gasteiger partial charge in [-0.3, -0.25) is 0 Å². The first-order valence-corrected chi connectivity index (χ1v) is 10.9. The van der Waals surface area contributed by atoms with Crippen molar-refractivity contribution in [3.63, 3.8) is 0 Å². The maximum atomic E-state index is 12.0. The Labute approximate surface area is 188 Å². The Morgan fingerprint density at radius 3 is 2.28 bits per heavy atom. The number of urea groups is 1. The molecule has 0 fully saturated rings. The minimum atomic E-state index is -0.817. The molecule has 32 heavy (non-hydrogen) atoms. The van der Waals surface area contributed by atoms with Crippen molar-refractivity contribution in [3.8, 4) is 0 Å². The fraction of sp³-hybridized carbons (Fsp3) is 0.192. The Hall–Kier alpha value is -3.77. The van der Waals surface area contributed by atoms with Gasteiger partial charge in [0, 0.05) is 34.7 Å². The number of para-hydroxylation sites is 1. The molecule has 1 heterocycles. The van der Waals surface area contributed by atoms with Crippen LogP contribution in [0.1, 0.15) is 30.9 Å². The van der Waals surface area contributed by atoms with Crippen LogP contribution in [0.15, 0.2) is 78.9 Å². The third kappa shape index (κ3) is 4.92. The summed E-state index contributed by atoms with van der Waals surface area (Å²) in [5, 5.41) is 23.1. The van der Waals surface area contributed by atoms with Crippen molar-refractivity contribution >= 4 is 34.4 Å². The summed E-state index contributed by atoms with van der Waals surface area (Å²) < 4.78 is 0. The Morgan fingerprint density at radius 1 is 0.906 bits per heavy atom. The number of nitrogens with one attached hydrogen (secondary N) is 4. The molecule has 6 nitrogen and oxygen atoms in total. The number of hydrogen-bond donors (Lipinski definition) is 5. The van der Waals surface area contributed by atoms with Crippen LogP contribution in [0.4, 0.5) is 21.9 Å². The molecule has 0 bridgehead atoms. The summed E-state index contributed by atoms with van der Waals surface area (Å²) in [7, 11) is 0. The molecule has 1 atom stereocenters. The summed E-state index contributed by atoms with van der Waals surface area (Å²) in [4.78, 5) is 12.0. The van der Waals surface area contributed by atoms with Crippen molar-refractivity contribution in [3.05, 3.63) is 90.0 Å². The molecule has 0 spiro atoms. The Kier molecular flexibility index (Phi) is 6.72. The Balaban J connectivity index is 1.59. The number of hydrogen-bond acceptors (Lipinski definition) is 4. The number of benzene rings is 3. The van der Waals surface area contributed by atoms with Crippen LogP contribution in [0.25, 0.3) is 11.3 Å². The molecule has 5 N–H and O–H groups in total. The van der Waals surface area contributed by atoms with Gasteiger partial charge in [-0.2, -0.15) is 0 Å². The third-order valence-corrected chi connectivity index (χ3v) is 5.34. The lowest BCUT2D eigenvalue weighted by atomic mass is 9.99. The summed E-state index contributed by atoms with van der Waals surface area (Å²) in [6, 6.07) is 25.1. The number of anilines is 3. The van der Waals surface area contributed by atoms with Crippen molar-refractivity contribution in [2.24, 2.45) is 0 Å². The molecular weight excluding hydrogens is 400 g/mol. The molecule has 6 heteroatoms. The number of carbonyl (C=O) groups excluding carboxylic acids is 1. The van der Waals surface area contributed by atoms with E-state index < -0.39 is 6.23 Å². The second-order valence-electron chi connectivity index (χ2n) is 7.68. The largest absolute Gasteiger partial charge is 0.369 e. The van der Waals surface area contributed by atoms with Crippen LogP contribution in [0.5, 0.6) is 0 Å². The smallest absolute Gasteiger partial charge is 0.319 e. The lowest BCUT2D eigenvalue weighted by Gasteiger charge is -2.18. The lowest BCUT2D eigenvalue weighted by molar-refractivity contribution is 0.252. The topological polar surface area (TPSA) is 85.4 Å². The summed E-state index contributed by atoms with van der Waals surface area (Å²) in [6.45, 7) is 2.75. The molecule has 0 saturated carbocycles. The monoisotopic (exact) mass is 428 g/mol. The zero-order valence-corrected chi connectivity index (χ0v) is 18.1. The first kappa shape index (κ1) is 21.5. The maximum Gasteiger partial charge on any atom is 0.319 e. The molecule has 4 rings (SSSR count). The van der Waals surface area contributed by atoms with Crippen LogP contribution in [-0.4, -0.2) is 23.9 Å². The van der Waals surface area contributed by atoms with E-state index in [0.717, 1.165) is 46.6 Å². The number of rotatable bonds is 7. The van der Waals surface area contributed by atoms with Crippen molar-refractivity contribution in [2.75, 3.05) is 22.5 Å². The number of unbranched alkanes of at least 4 members (excludes halogenated alkanes) is 1. The van der Waals surface area contributed by atoms with Gasteiger partial charge in [0.15, 0.2) is 6.23 Å². The van der Waals surface area contributed by atoms with E-state index in [-0.39, 0.29) is 6.03 Å². The fourth-order valence-electron chi connectivity index (χ4n) is 3.72. The van der Waals surface area contributed by atoms with Crippen molar-refractivity contribution in [1.29, 1.82) is 0 Å². The van der Waals surface area contributed by atoms with E-state index in [1.807, 2.05) is 78.9 Å². The summed E-state index contributed by atoms with van der Waals surface area (Å²) in [6.07, 6.45) is 1.17. The van der Waals surface area contributed by atoms with Gasteiger partial charge in [0.1, 0.15) is 0 Å². The molecular formula is C26H28N4O2. The molecule has 1 aliphatic rings. The lowest BCUT2D eigenvalue weighted by Crippen LogP contribution is -2.29. The SMILES string of the molecule is CCCCNC(=O)Nc1ccc(N/C(=C2/c3ccccc3NC2O)c2ccccc2)cc1. The second kappa shape index (κ2) is 10.0. The highest BCUT2D eigenvalue weighted by Crippen LogP contribution is 2.39. The average molecular weight is 429 g/mol. The highest BCUT2D eigenvalue weighted by molar-refractivity contribution is 6.03. The van der Waals surface area contributed by atoms with E-state index in [1.165, 1.54) is 0 Å². The van der Waals surface area contributed by atoms with E-state index in [4.69, 9.17) is 0 Å². The Morgan fingerprint density at radius 2 is 1.56 bits per heavy atom. The number of aliphatic hydroxyl groups is 1. The molecule has 2 amide bonds. The van der Waals surface area contributed by atoms with Gasteiger partial charge in [-0.1, -0.05) is 61.9 Å². The second-order valence-corrected chi connectivity index (χ2v) is 7.68. The number of amides is 2. The Bertz CT molecular complexity index is 1090. The maximum absolute atomic E-state index is 12.0. The molecule has 0 saturated heterocycles. The zero-order chi connectivity index (χ0) is 22.3. The van der Waals surface area contributed by atoms with E-state index >= 15 is 0 Å². The van der Waals surface area contributed by atoms with E-state index in [9.17, 15) is 9.90 Å². The van der Waals surface area contributed by atoms with Gasteiger partial charge in [-0.25, -0.2) is 4.79 Å². The summed E-state index contributed by atoms with van der Waals surface area (Å²) in [5.74, 6) is 0. The summed E-state index contributed by atoms with van der Waals surface area (Å²) in [5.41, 5.74) is 6.03. The molecule has 164 valence electrons. The molecule has 0 aliphatic carbocycles. The average Bonchev–Trinajstić information content (AvgIpc) is 3.15. The minimum Gasteiger partial charge on any atom is -0.369 e. The van der Waals surface area contributed by atoms with Crippen LogP contribution in [0, 0.1) is 0 Å². The van der Waals surface area contributed by atoms with E-state index in [1.54, 1.807) is 0 Å². The van der Waals surface area contributed by atoms with Crippen LogP contribution in [-0.2, 0) is 0 Å². The van der Waals surface area contributed by atoms with Gasteiger partial charge in [-0.05, 0) is 42.3 Å². The van der Waals surface area contributed by atoms with Gasteiger partial charge in [0.2, 0.25) is 0 Å². The number of carbonyl (C=O) groups is 1. The molecule has 3 aromatic carbocycles. The van der Waals surface area contributed by atoms with Gasteiger partial charge >= 0.3 is 6.03 Å². The number of fused-ring (bicyclic) bond motifs is 1.